The largest absolute Gasteiger partial charge is 0.467 e. The van der Waals surface area contributed by atoms with Crippen molar-refractivity contribution >= 4 is 17.5 Å². The van der Waals surface area contributed by atoms with Crippen LogP contribution in [0.5, 0.6) is 0 Å². The van der Waals surface area contributed by atoms with E-state index in [1.165, 1.54) is 0 Å². The molecule has 0 aliphatic heterocycles. The van der Waals surface area contributed by atoms with Gasteiger partial charge in [-0.15, -0.1) is 0 Å². The number of amides is 1. The van der Waals surface area contributed by atoms with Gasteiger partial charge in [-0.3, -0.25) is 4.79 Å². The smallest absolute Gasteiger partial charge is 0.252 e. The molecule has 1 unspecified atom stereocenters. The van der Waals surface area contributed by atoms with Crippen LogP contribution < -0.4 is 5.32 Å². The van der Waals surface area contributed by atoms with Crippen LogP contribution in [-0.2, 0) is 6.42 Å². The van der Waals surface area contributed by atoms with E-state index in [4.69, 9.17) is 16.0 Å². The summed E-state index contributed by atoms with van der Waals surface area (Å²) in [5.74, 6) is 0.520. The van der Waals surface area contributed by atoms with Crippen LogP contribution in [0.3, 0.4) is 0 Å². The van der Waals surface area contributed by atoms with Crippen LogP contribution >= 0.6 is 11.6 Å². The molecule has 0 spiro atoms. The molecule has 2 rings (SSSR count). The van der Waals surface area contributed by atoms with E-state index in [1.807, 2.05) is 19.9 Å². The zero-order valence-corrected chi connectivity index (χ0v) is 11.6. The van der Waals surface area contributed by atoms with Crippen LogP contribution in [0, 0.1) is 0 Å². The minimum atomic E-state index is -0.195. The van der Waals surface area contributed by atoms with Gasteiger partial charge in [0, 0.05) is 11.3 Å². The summed E-state index contributed by atoms with van der Waals surface area (Å²) in [5.41, 5.74) is 1.30. The third kappa shape index (κ3) is 3.35. The third-order valence-corrected chi connectivity index (χ3v) is 2.98. The van der Waals surface area contributed by atoms with E-state index >= 15 is 0 Å². The van der Waals surface area contributed by atoms with Crippen LogP contribution in [0.25, 0.3) is 0 Å². The minimum absolute atomic E-state index is 0.192. The predicted molar refractivity (Wildman–Crippen MR) is 73.2 cm³/mol. The van der Waals surface area contributed by atoms with Gasteiger partial charge in [0.1, 0.15) is 10.9 Å². The summed E-state index contributed by atoms with van der Waals surface area (Å²) < 4.78 is 5.25. The number of rotatable bonds is 4. The van der Waals surface area contributed by atoms with Crippen molar-refractivity contribution in [1.82, 2.24) is 10.3 Å². The maximum Gasteiger partial charge on any atom is 0.252 e. The number of aryl methyl sites for hydroxylation is 1. The SMILES string of the molecule is CCc1cc(C(=O)NC(C)c2ccco2)cc(Cl)n1. The van der Waals surface area contributed by atoms with Gasteiger partial charge in [-0.2, -0.15) is 0 Å². The molecular weight excluding hydrogens is 264 g/mol. The highest BCUT2D eigenvalue weighted by Crippen LogP contribution is 2.15. The molecular formula is C14H15ClN2O2. The molecule has 0 fully saturated rings. The first-order valence-electron chi connectivity index (χ1n) is 6.11. The number of carbonyl (C=O) groups excluding carboxylic acids is 1. The molecule has 1 N–H and O–H groups in total. The number of pyridine rings is 1. The lowest BCUT2D eigenvalue weighted by atomic mass is 10.1. The van der Waals surface area contributed by atoms with Crippen molar-refractivity contribution in [3.05, 3.63) is 52.7 Å². The Morgan fingerprint density at radius 2 is 2.32 bits per heavy atom. The average Bonchev–Trinajstić information content (AvgIpc) is 2.91. The summed E-state index contributed by atoms with van der Waals surface area (Å²) in [6, 6.07) is 6.72. The van der Waals surface area contributed by atoms with Crippen LogP contribution in [0.1, 0.15) is 41.7 Å². The van der Waals surface area contributed by atoms with Crippen LogP contribution in [0.2, 0.25) is 5.15 Å². The number of aromatic nitrogens is 1. The molecule has 0 aromatic carbocycles. The highest BCUT2D eigenvalue weighted by molar-refractivity contribution is 6.29. The Morgan fingerprint density at radius 3 is 2.95 bits per heavy atom. The average molecular weight is 279 g/mol. The molecule has 19 heavy (non-hydrogen) atoms. The molecule has 5 heteroatoms. The number of hydrogen-bond donors (Lipinski definition) is 1. The Hall–Kier alpha value is -1.81. The van der Waals surface area contributed by atoms with Gasteiger partial charge in [-0.25, -0.2) is 4.98 Å². The number of nitrogens with one attached hydrogen (secondary N) is 1. The second kappa shape index (κ2) is 5.89. The normalized spacial score (nSPS) is 12.2. The number of furan rings is 1. The first kappa shape index (κ1) is 13.6. The van der Waals surface area contributed by atoms with Crippen molar-refractivity contribution in [2.24, 2.45) is 0 Å². The van der Waals surface area contributed by atoms with Gasteiger partial charge in [-0.05, 0) is 37.6 Å². The van der Waals surface area contributed by atoms with E-state index in [9.17, 15) is 4.79 Å². The molecule has 1 atom stereocenters. The minimum Gasteiger partial charge on any atom is -0.467 e. The summed E-state index contributed by atoms with van der Waals surface area (Å²) in [6.45, 7) is 3.83. The van der Waals surface area contributed by atoms with E-state index in [-0.39, 0.29) is 11.9 Å². The summed E-state index contributed by atoms with van der Waals surface area (Å²) in [4.78, 5) is 16.3. The summed E-state index contributed by atoms with van der Waals surface area (Å²) in [6.07, 6.45) is 2.31. The quantitative estimate of drug-likeness (QED) is 0.872. The van der Waals surface area contributed by atoms with Crippen molar-refractivity contribution < 1.29 is 9.21 Å². The molecule has 0 saturated carbocycles. The number of hydrogen-bond acceptors (Lipinski definition) is 3. The fraction of sp³-hybridized carbons (Fsp3) is 0.286. The topological polar surface area (TPSA) is 55.1 Å². The predicted octanol–water partition coefficient (Wildman–Crippen LogP) is 3.38. The Bertz CT molecular complexity index is 567. The molecule has 4 nitrogen and oxygen atoms in total. The van der Waals surface area contributed by atoms with E-state index in [0.29, 0.717) is 16.5 Å². The lowest BCUT2D eigenvalue weighted by Gasteiger charge is -2.12. The van der Waals surface area contributed by atoms with E-state index in [0.717, 1.165) is 12.1 Å². The maximum absolute atomic E-state index is 12.1. The standard InChI is InChI=1S/C14H15ClN2O2/c1-3-11-7-10(8-13(15)17-11)14(18)16-9(2)12-5-4-6-19-12/h4-9H,3H2,1-2H3,(H,16,18). The number of carbonyl (C=O) groups is 1. The van der Waals surface area contributed by atoms with Gasteiger partial charge in [0.15, 0.2) is 0 Å². The molecule has 0 bridgehead atoms. The van der Waals surface area contributed by atoms with Gasteiger partial charge in [0.05, 0.1) is 12.3 Å². The fourth-order valence-corrected chi connectivity index (χ4v) is 1.98. The highest BCUT2D eigenvalue weighted by Gasteiger charge is 2.14. The third-order valence-electron chi connectivity index (χ3n) is 2.79. The molecule has 2 aromatic heterocycles. The zero-order chi connectivity index (χ0) is 13.8. The number of halogens is 1. The lowest BCUT2D eigenvalue weighted by molar-refractivity contribution is 0.0935. The Kier molecular flexibility index (Phi) is 4.22. The molecule has 1 amide bonds. The summed E-state index contributed by atoms with van der Waals surface area (Å²) >= 11 is 5.90. The van der Waals surface area contributed by atoms with E-state index in [1.54, 1.807) is 24.5 Å². The van der Waals surface area contributed by atoms with Crippen molar-refractivity contribution in [3.63, 3.8) is 0 Å². The van der Waals surface area contributed by atoms with Crippen molar-refractivity contribution in [1.29, 1.82) is 0 Å². The highest BCUT2D eigenvalue weighted by atomic mass is 35.5. The molecule has 2 aromatic rings. The summed E-state index contributed by atoms with van der Waals surface area (Å²) in [5, 5.41) is 3.19. The maximum atomic E-state index is 12.1. The first-order valence-corrected chi connectivity index (χ1v) is 6.48. The molecule has 2 heterocycles. The van der Waals surface area contributed by atoms with Gasteiger partial charge in [0.2, 0.25) is 0 Å². The van der Waals surface area contributed by atoms with Gasteiger partial charge >= 0.3 is 0 Å². The van der Waals surface area contributed by atoms with Crippen LogP contribution in [0.15, 0.2) is 34.9 Å². The van der Waals surface area contributed by atoms with E-state index < -0.39 is 0 Å². The summed E-state index contributed by atoms with van der Waals surface area (Å²) in [7, 11) is 0. The number of nitrogens with zero attached hydrogens (tertiary/aromatic N) is 1. The molecule has 0 radical (unpaired) electrons. The Morgan fingerprint density at radius 1 is 1.53 bits per heavy atom. The van der Waals surface area contributed by atoms with Crippen LogP contribution in [0.4, 0.5) is 0 Å². The van der Waals surface area contributed by atoms with Gasteiger partial charge in [0.25, 0.3) is 5.91 Å². The Labute approximate surface area is 116 Å². The lowest BCUT2D eigenvalue weighted by Crippen LogP contribution is -2.26. The van der Waals surface area contributed by atoms with E-state index in [2.05, 4.69) is 10.3 Å². The molecule has 0 aliphatic rings. The first-order chi connectivity index (χ1) is 9.10. The molecule has 0 saturated heterocycles. The Balaban J connectivity index is 2.13. The van der Waals surface area contributed by atoms with Gasteiger partial charge < -0.3 is 9.73 Å². The second-order valence-corrected chi connectivity index (χ2v) is 4.62. The van der Waals surface area contributed by atoms with Gasteiger partial charge in [-0.1, -0.05) is 18.5 Å². The molecule has 100 valence electrons. The fourth-order valence-electron chi connectivity index (χ4n) is 1.75. The van der Waals surface area contributed by atoms with Crippen LogP contribution in [-0.4, -0.2) is 10.9 Å². The van der Waals surface area contributed by atoms with Crippen molar-refractivity contribution in [3.8, 4) is 0 Å². The van der Waals surface area contributed by atoms with Crippen molar-refractivity contribution in [2.45, 2.75) is 26.3 Å². The second-order valence-electron chi connectivity index (χ2n) is 4.23. The molecule has 0 aliphatic carbocycles. The van der Waals surface area contributed by atoms with Crippen molar-refractivity contribution in [2.75, 3.05) is 0 Å². The monoisotopic (exact) mass is 278 g/mol. The zero-order valence-electron chi connectivity index (χ0n) is 10.8.